The fourth-order valence-corrected chi connectivity index (χ4v) is 2.85. The highest BCUT2D eigenvalue weighted by molar-refractivity contribution is 5.87. The van der Waals surface area contributed by atoms with Crippen LogP contribution in [0.15, 0.2) is 24.8 Å². The van der Waals surface area contributed by atoms with Crippen LogP contribution in [0.25, 0.3) is 5.69 Å². The van der Waals surface area contributed by atoms with Crippen LogP contribution in [0.2, 0.25) is 0 Å². The molecular formula is C17H20F2N4O2. The molecule has 1 saturated heterocycles. The lowest BCUT2D eigenvalue weighted by Gasteiger charge is -2.33. The van der Waals surface area contributed by atoms with Crippen LogP contribution in [-0.2, 0) is 4.74 Å². The number of ether oxygens (including phenoxy) is 1. The first-order chi connectivity index (χ1) is 11.9. The molecule has 0 amide bonds. The number of rotatable bonds is 4. The second kappa shape index (κ2) is 6.78. The number of carbonyl (C=O) groups is 1. The van der Waals surface area contributed by atoms with Gasteiger partial charge < -0.3 is 14.2 Å². The van der Waals surface area contributed by atoms with E-state index >= 15 is 0 Å². The van der Waals surface area contributed by atoms with Gasteiger partial charge in [0.15, 0.2) is 5.69 Å². The largest absolute Gasteiger partial charge is 0.461 e. The molecule has 6 nitrogen and oxygen atoms in total. The Balaban J connectivity index is 1.77. The fourth-order valence-electron chi connectivity index (χ4n) is 2.85. The molecule has 25 heavy (non-hydrogen) atoms. The molecule has 0 atom stereocenters. The van der Waals surface area contributed by atoms with E-state index < -0.39 is 11.9 Å². The van der Waals surface area contributed by atoms with Gasteiger partial charge in [-0.1, -0.05) is 0 Å². The molecule has 0 N–H and O–H groups in total. The molecule has 0 aromatic carbocycles. The van der Waals surface area contributed by atoms with Gasteiger partial charge in [0.2, 0.25) is 0 Å². The number of nitrogens with zero attached hydrogens (tertiary/aromatic N) is 4. The van der Waals surface area contributed by atoms with E-state index in [9.17, 15) is 13.6 Å². The summed E-state index contributed by atoms with van der Waals surface area (Å²) >= 11 is 0. The molecule has 1 aliphatic heterocycles. The molecule has 0 bridgehead atoms. The van der Waals surface area contributed by atoms with Gasteiger partial charge in [-0.05, 0) is 25.5 Å². The van der Waals surface area contributed by atoms with E-state index in [1.54, 1.807) is 23.9 Å². The first kappa shape index (κ1) is 17.3. The van der Waals surface area contributed by atoms with Crippen molar-refractivity contribution in [3.8, 4) is 5.69 Å². The molecule has 2 aromatic heterocycles. The Kier molecular flexibility index (Phi) is 4.69. The number of aryl methyl sites for hydroxylation is 1. The SMILES string of the molecule is CCOC(=O)c1cn(-c2cnc(N3CCC(F)(F)CC3)c(C)c2)cn1. The minimum atomic E-state index is -2.58. The number of anilines is 1. The maximum absolute atomic E-state index is 13.3. The first-order valence-electron chi connectivity index (χ1n) is 8.20. The van der Waals surface area contributed by atoms with Gasteiger partial charge in [0, 0.05) is 32.1 Å². The van der Waals surface area contributed by atoms with Gasteiger partial charge in [0.05, 0.1) is 18.5 Å². The van der Waals surface area contributed by atoms with Crippen molar-refractivity contribution in [2.45, 2.75) is 32.6 Å². The first-order valence-corrected chi connectivity index (χ1v) is 8.20. The minimum Gasteiger partial charge on any atom is -0.461 e. The molecule has 0 radical (unpaired) electrons. The topological polar surface area (TPSA) is 60.3 Å². The molecule has 0 unspecified atom stereocenters. The van der Waals surface area contributed by atoms with Gasteiger partial charge in [-0.25, -0.2) is 23.5 Å². The predicted octanol–water partition coefficient (Wildman–Crippen LogP) is 2.99. The van der Waals surface area contributed by atoms with Crippen LogP contribution in [0.1, 0.15) is 35.8 Å². The lowest BCUT2D eigenvalue weighted by atomic mass is 10.1. The number of piperidine rings is 1. The monoisotopic (exact) mass is 350 g/mol. The van der Waals surface area contributed by atoms with E-state index in [4.69, 9.17) is 4.74 Å². The number of hydrogen-bond acceptors (Lipinski definition) is 5. The van der Waals surface area contributed by atoms with E-state index in [0.29, 0.717) is 5.82 Å². The van der Waals surface area contributed by atoms with Crippen molar-refractivity contribution in [2.75, 3.05) is 24.6 Å². The Morgan fingerprint density at radius 2 is 2.04 bits per heavy atom. The Bertz CT molecular complexity index is 766. The third kappa shape index (κ3) is 3.78. The van der Waals surface area contributed by atoms with E-state index in [1.165, 1.54) is 6.33 Å². The molecule has 3 heterocycles. The molecule has 2 aromatic rings. The van der Waals surface area contributed by atoms with Crippen LogP contribution in [0.4, 0.5) is 14.6 Å². The smallest absolute Gasteiger partial charge is 0.358 e. The molecule has 0 saturated carbocycles. The number of carbonyl (C=O) groups excluding carboxylic acids is 1. The second-order valence-electron chi connectivity index (χ2n) is 6.06. The Morgan fingerprint density at radius 3 is 2.68 bits per heavy atom. The van der Waals surface area contributed by atoms with Crippen LogP contribution in [-0.4, -0.2) is 46.1 Å². The summed E-state index contributed by atoms with van der Waals surface area (Å²) in [5, 5.41) is 0. The zero-order chi connectivity index (χ0) is 18.0. The molecule has 0 aliphatic carbocycles. The average Bonchev–Trinajstić information content (AvgIpc) is 3.06. The number of esters is 1. The van der Waals surface area contributed by atoms with Gasteiger partial charge in [0.1, 0.15) is 12.1 Å². The van der Waals surface area contributed by atoms with Gasteiger partial charge in [-0.2, -0.15) is 0 Å². The van der Waals surface area contributed by atoms with Crippen molar-refractivity contribution >= 4 is 11.8 Å². The van der Waals surface area contributed by atoms with Crippen LogP contribution in [0.3, 0.4) is 0 Å². The summed E-state index contributed by atoms with van der Waals surface area (Å²) in [6.07, 6.45) is 4.44. The van der Waals surface area contributed by atoms with E-state index in [1.807, 2.05) is 17.9 Å². The van der Waals surface area contributed by atoms with Crippen molar-refractivity contribution < 1.29 is 18.3 Å². The standard InChI is InChI=1S/C17H20F2N4O2/c1-3-25-16(24)14-10-23(11-21-14)13-8-12(2)15(20-9-13)22-6-4-17(18,19)5-7-22/h8-11H,3-7H2,1-2H3. The molecule has 134 valence electrons. The Morgan fingerprint density at radius 1 is 1.32 bits per heavy atom. The quantitative estimate of drug-likeness (QED) is 0.794. The Hall–Kier alpha value is -2.51. The van der Waals surface area contributed by atoms with Crippen molar-refractivity contribution in [1.82, 2.24) is 14.5 Å². The van der Waals surface area contributed by atoms with E-state index in [-0.39, 0.29) is 38.2 Å². The molecular weight excluding hydrogens is 330 g/mol. The molecule has 1 fully saturated rings. The summed E-state index contributed by atoms with van der Waals surface area (Å²) in [5.41, 5.74) is 1.85. The summed E-state index contributed by atoms with van der Waals surface area (Å²) in [4.78, 5) is 22.0. The summed E-state index contributed by atoms with van der Waals surface area (Å²) in [6, 6.07) is 1.89. The van der Waals surface area contributed by atoms with Gasteiger partial charge in [-0.3, -0.25) is 0 Å². The normalized spacial score (nSPS) is 16.7. The van der Waals surface area contributed by atoms with Crippen LogP contribution in [0, 0.1) is 6.92 Å². The highest BCUT2D eigenvalue weighted by atomic mass is 19.3. The lowest BCUT2D eigenvalue weighted by molar-refractivity contribution is -0.0221. The fraction of sp³-hybridized carbons (Fsp3) is 0.471. The maximum Gasteiger partial charge on any atom is 0.358 e. The number of aromatic nitrogens is 3. The molecule has 3 rings (SSSR count). The van der Waals surface area contributed by atoms with Crippen molar-refractivity contribution in [1.29, 1.82) is 0 Å². The maximum atomic E-state index is 13.3. The number of hydrogen-bond donors (Lipinski definition) is 0. The minimum absolute atomic E-state index is 0.152. The molecule has 1 aliphatic rings. The van der Waals surface area contributed by atoms with E-state index in [0.717, 1.165) is 11.3 Å². The van der Waals surface area contributed by atoms with Gasteiger partial charge in [0.25, 0.3) is 5.92 Å². The lowest BCUT2D eigenvalue weighted by Crippen LogP contribution is -2.40. The van der Waals surface area contributed by atoms with Gasteiger partial charge >= 0.3 is 5.97 Å². The number of alkyl halides is 2. The van der Waals surface area contributed by atoms with Crippen LogP contribution in [0.5, 0.6) is 0 Å². The molecule has 0 spiro atoms. The van der Waals surface area contributed by atoms with Gasteiger partial charge in [-0.15, -0.1) is 0 Å². The van der Waals surface area contributed by atoms with E-state index in [2.05, 4.69) is 9.97 Å². The highest BCUT2D eigenvalue weighted by Crippen LogP contribution is 2.31. The summed E-state index contributed by atoms with van der Waals surface area (Å²) < 4.78 is 33.2. The van der Waals surface area contributed by atoms with Crippen molar-refractivity contribution in [3.63, 3.8) is 0 Å². The number of imidazole rings is 1. The zero-order valence-corrected chi connectivity index (χ0v) is 14.2. The number of pyridine rings is 1. The number of halogens is 2. The summed E-state index contributed by atoms with van der Waals surface area (Å²) in [7, 11) is 0. The highest BCUT2D eigenvalue weighted by Gasteiger charge is 2.34. The zero-order valence-electron chi connectivity index (χ0n) is 14.2. The second-order valence-corrected chi connectivity index (χ2v) is 6.06. The Labute approximate surface area is 144 Å². The average molecular weight is 350 g/mol. The third-order valence-electron chi connectivity index (χ3n) is 4.20. The molecule has 8 heteroatoms. The summed E-state index contributed by atoms with van der Waals surface area (Å²) in [5.74, 6) is -2.34. The summed E-state index contributed by atoms with van der Waals surface area (Å²) in [6.45, 7) is 4.49. The third-order valence-corrected chi connectivity index (χ3v) is 4.20. The van der Waals surface area contributed by atoms with Crippen molar-refractivity contribution in [3.05, 3.63) is 36.0 Å². The van der Waals surface area contributed by atoms with Crippen molar-refractivity contribution in [2.24, 2.45) is 0 Å². The van der Waals surface area contributed by atoms with Crippen LogP contribution >= 0.6 is 0 Å². The van der Waals surface area contributed by atoms with Crippen LogP contribution < -0.4 is 4.90 Å². The predicted molar refractivity (Wildman–Crippen MR) is 88.4 cm³/mol.